The van der Waals surface area contributed by atoms with E-state index in [1.165, 1.54) is 0 Å². The predicted molar refractivity (Wildman–Crippen MR) is 112 cm³/mol. The number of ketones is 1. The third kappa shape index (κ3) is 4.01. The molecule has 3 nitrogen and oxygen atoms in total. The number of benzene rings is 2. The van der Waals surface area contributed by atoms with Crippen LogP contribution in [-0.4, -0.2) is 24.1 Å². The molecule has 0 aromatic heterocycles. The lowest BCUT2D eigenvalue weighted by molar-refractivity contribution is -0.115. The Labute approximate surface area is 171 Å². The summed E-state index contributed by atoms with van der Waals surface area (Å²) < 4.78 is 5.45. The van der Waals surface area contributed by atoms with Crippen molar-refractivity contribution in [2.45, 2.75) is 32.6 Å². The quantitative estimate of drug-likeness (QED) is 0.690. The fourth-order valence-electron chi connectivity index (χ4n) is 4.40. The van der Waals surface area contributed by atoms with Gasteiger partial charge in [0.1, 0.15) is 5.76 Å². The molecule has 1 aliphatic carbocycles. The van der Waals surface area contributed by atoms with E-state index in [0.717, 1.165) is 48.3 Å². The van der Waals surface area contributed by atoms with Gasteiger partial charge in [-0.3, -0.25) is 4.79 Å². The number of allylic oxidation sites excluding steroid dienone is 2. The fourth-order valence-corrected chi connectivity index (χ4v) is 4.53. The van der Waals surface area contributed by atoms with E-state index >= 15 is 0 Å². The van der Waals surface area contributed by atoms with Crippen LogP contribution in [0, 0.1) is 18.8 Å². The number of aliphatic hydroxyl groups excluding tert-OH is 1. The van der Waals surface area contributed by atoms with Crippen molar-refractivity contribution in [3.63, 3.8) is 0 Å². The summed E-state index contributed by atoms with van der Waals surface area (Å²) in [6.45, 7) is 3.58. The molecule has 0 amide bonds. The first-order chi connectivity index (χ1) is 13.5. The molecule has 1 aliphatic heterocycles. The van der Waals surface area contributed by atoms with Crippen LogP contribution >= 0.6 is 11.6 Å². The van der Waals surface area contributed by atoms with Crippen molar-refractivity contribution in [1.29, 1.82) is 0 Å². The first kappa shape index (κ1) is 19.2. The molecule has 1 fully saturated rings. The zero-order valence-corrected chi connectivity index (χ0v) is 16.8. The van der Waals surface area contributed by atoms with Gasteiger partial charge >= 0.3 is 0 Å². The molecule has 4 rings (SSSR count). The standard InChI is InChI=1S/C24H25ClO3/c1-15-2-3-19(18-4-6-20(25)7-5-18)13-21(15)24-22(26)11-17(12-23(24)27)10-16-8-9-28-14-16/h2-7,13,16-17,26H,8-12,14H2,1H3. The van der Waals surface area contributed by atoms with Crippen LogP contribution in [0.3, 0.4) is 0 Å². The Kier molecular flexibility index (Phi) is 5.56. The summed E-state index contributed by atoms with van der Waals surface area (Å²) in [6.07, 6.45) is 3.08. The molecule has 0 radical (unpaired) electrons. The molecule has 4 heteroatoms. The lowest BCUT2D eigenvalue weighted by Crippen LogP contribution is -2.21. The Hall–Kier alpha value is -2.10. The first-order valence-electron chi connectivity index (χ1n) is 9.91. The summed E-state index contributed by atoms with van der Waals surface area (Å²) >= 11 is 6.00. The Morgan fingerprint density at radius 2 is 1.82 bits per heavy atom. The number of rotatable bonds is 4. The molecule has 2 aromatic rings. The minimum atomic E-state index is 0.0454. The molecule has 1 N–H and O–H groups in total. The number of carbonyl (C=O) groups is 1. The van der Waals surface area contributed by atoms with Gasteiger partial charge in [0.15, 0.2) is 5.78 Å². The van der Waals surface area contributed by atoms with Gasteiger partial charge in [-0.25, -0.2) is 0 Å². The van der Waals surface area contributed by atoms with Crippen molar-refractivity contribution >= 4 is 23.0 Å². The Morgan fingerprint density at radius 1 is 1.07 bits per heavy atom. The maximum absolute atomic E-state index is 13.0. The molecule has 2 atom stereocenters. The van der Waals surface area contributed by atoms with Crippen molar-refractivity contribution in [1.82, 2.24) is 0 Å². The van der Waals surface area contributed by atoms with Gasteiger partial charge in [0.05, 0.1) is 5.57 Å². The SMILES string of the molecule is Cc1ccc(-c2ccc(Cl)cc2)cc1C1=C(O)CC(CC2CCOC2)CC1=O. The smallest absolute Gasteiger partial charge is 0.167 e. The van der Waals surface area contributed by atoms with E-state index in [-0.39, 0.29) is 17.5 Å². The van der Waals surface area contributed by atoms with Crippen LogP contribution in [0.1, 0.15) is 36.8 Å². The molecular weight excluding hydrogens is 372 g/mol. The normalized spacial score (nSPS) is 22.7. The van der Waals surface area contributed by atoms with Gasteiger partial charge in [-0.2, -0.15) is 0 Å². The first-order valence-corrected chi connectivity index (χ1v) is 10.3. The largest absolute Gasteiger partial charge is 0.512 e. The summed E-state index contributed by atoms with van der Waals surface area (Å²) in [7, 11) is 0. The van der Waals surface area contributed by atoms with Crippen molar-refractivity contribution < 1.29 is 14.6 Å². The van der Waals surface area contributed by atoms with Crippen LogP contribution in [-0.2, 0) is 9.53 Å². The van der Waals surface area contributed by atoms with Crippen LogP contribution in [0.15, 0.2) is 48.2 Å². The second-order valence-electron chi connectivity index (χ2n) is 8.02. The molecular formula is C24H25ClO3. The molecule has 0 saturated carbocycles. The summed E-state index contributed by atoms with van der Waals surface area (Å²) in [5.74, 6) is 1.00. The highest BCUT2D eigenvalue weighted by molar-refractivity contribution is 6.30. The predicted octanol–water partition coefficient (Wildman–Crippen LogP) is 5.99. The van der Waals surface area contributed by atoms with Crippen molar-refractivity contribution in [3.8, 4) is 11.1 Å². The molecule has 28 heavy (non-hydrogen) atoms. The minimum absolute atomic E-state index is 0.0454. The number of halogens is 1. The van der Waals surface area contributed by atoms with Crippen molar-refractivity contribution in [3.05, 3.63) is 64.4 Å². The van der Waals surface area contributed by atoms with Crippen LogP contribution in [0.2, 0.25) is 5.02 Å². The van der Waals surface area contributed by atoms with E-state index in [9.17, 15) is 9.90 Å². The third-order valence-electron chi connectivity index (χ3n) is 5.90. The lowest BCUT2D eigenvalue weighted by Gasteiger charge is -2.26. The maximum atomic E-state index is 13.0. The molecule has 2 aliphatic rings. The highest BCUT2D eigenvalue weighted by Gasteiger charge is 2.31. The summed E-state index contributed by atoms with van der Waals surface area (Å²) in [6, 6.07) is 13.7. The van der Waals surface area contributed by atoms with E-state index in [1.54, 1.807) is 0 Å². The van der Waals surface area contributed by atoms with Gasteiger partial charge in [0.2, 0.25) is 0 Å². The van der Waals surface area contributed by atoms with E-state index in [1.807, 2.05) is 49.4 Å². The van der Waals surface area contributed by atoms with Crippen LogP contribution in [0.5, 0.6) is 0 Å². The zero-order chi connectivity index (χ0) is 19.7. The lowest BCUT2D eigenvalue weighted by atomic mass is 9.78. The van der Waals surface area contributed by atoms with Crippen LogP contribution < -0.4 is 0 Å². The third-order valence-corrected chi connectivity index (χ3v) is 6.15. The minimum Gasteiger partial charge on any atom is -0.512 e. The van der Waals surface area contributed by atoms with Gasteiger partial charge in [0.25, 0.3) is 0 Å². The Balaban J connectivity index is 1.62. The average molecular weight is 397 g/mol. The van der Waals surface area contributed by atoms with Gasteiger partial charge in [-0.15, -0.1) is 0 Å². The Bertz CT molecular complexity index is 908. The van der Waals surface area contributed by atoms with Crippen LogP contribution in [0.25, 0.3) is 16.7 Å². The van der Waals surface area contributed by atoms with Gasteiger partial charge in [0, 0.05) is 31.1 Å². The molecule has 146 valence electrons. The highest BCUT2D eigenvalue weighted by atomic mass is 35.5. The average Bonchev–Trinajstić information content (AvgIpc) is 3.16. The number of carbonyl (C=O) groups excluding carboxylic acids is 1. The number of hydrogen-bond donors (Lipinski definition) is 1. The second kappa shape index (κ2) is 8.10. The Morgan fingerprint density at radius 3 is 2.50 bits per heavy atom. The molecule has 2 aromatic carbocycles. The van der Waals surface area contributed by atoms with Crippen LogP contribution in [0.4, 0.5) is 0 Å². The number of hydrogen-bond acceptors (Lipinski definition) is 3. The monoisotopic (exact) mass is 396 g/mol. The molecule has 0 bridgehead atoms. The van der Waals surface area contributed by atoms with Crippen molar-refractivity contribution in [2.75, 3.05) is 13.2 Å². The van der Waals surface area contributed by atoms with E-state index in [0.29, 0.717) is 29.4 Å². The number of Topliss-reactive ketones (excluding diaryl/α,β-unsaturated/α-hetero) is 1. The van der Waals surface area contributed by atoms with E-state index < -0.39 is 0 Å². The second-order valence-corrected chi connectivity index (χ2v) is 8.46. The summed E-state index contributed by atoms with van der Waals surface area (Å²) in [5.41, 5.74) is 4.36. The molecule has 1 heterocycles. The maximum Gasteiger partial charge on any atom is 0.167 e. The summed E-state index contributed by atoms with van der Waals surface area (Å²) in [4.78, 5) is 13.0. The summed E-state index contributed by atoms with van der Waals surface area (Å²) in [5, 5.41) is 11.5. The molecule has 0 spiro atoms. The van der Waals surface area contributed by atoms with Crippen molar-refractivity contribution in [2.24, 2.45) is 11.8 Å². The number of aryl methyl sites for hydroxylation is 1. The molecule has 2 unspecified atom stereocenters. The van der Waals surface area contributed by atoms with Gasteiger partial charge in [-0.1, -0.05) is 35.9 Å². The van der Waals surface area contributed by atoms with Gasteiger partial charge < -0.3 is 9.84 Å². The van der Waals surface area contributed by atoms with E-state index in [2.05, 4.69) is 0 Å². The topological polar surface area (TPSA) is 46.5 Å². The fraction of sp³-hybridized carbons (Fsp3) is 0.375. The van der Waals surface area contributed by atoms with E-state index in [4.69, 9.17) is 16.3 Å². The zero-order valence-electron chi connectivity index (χ0n) is 16.1. The molecule has 1 saturated heterocycles. The number of ether oxygens (including phenoxy) is 1. The number of aliphatic hydroxyl groups is 1. The van der Waals surface area contributed by atoms with Gasteiger partial charge in [-0.05, 0) is 72.1 Å². The highest BCUT2D eigenvalue weighted by Crippen LogP contribution is 2.38.